The Bertz CT molecular complexity index is 1130. The summed E-state index contributed by atoms with van der Waals surface area (Å²) in [7, 11) is 0. The third-order valence-electron chi connectivity index (χ3n) is 5.16. The van der Waals surface area contributed by atoms with Crippen molar-refractivity contribution in [3.05, 3.63) is 82.0 Å². The van der Waals surface area contributed by atoms with Gasteiger partial charge in [-0.1, -0.05) is 44.2 Å². The SMILES string of the molecule is CC1(C)CC(=O)c2c(O)c(-c3ccccc3)c(=O)n(-c3ccc(F)cc3)c2C1. The highest BCUT2D eigenvalue weighted by Gasteiger charge is 2.37. The Morgan fingerprint density at radius 2 is 1.57 bits per heavy atom. The Hall–Kier alpha value is -3.21. The molecule has 3 aromatic rings. The predicted molar refractivity (Wildman–Crippen MR) is 106 cm³/mol. The van der Waals surface area contributed by atoms with Crippen molar-refractivity contribution >= 4 is 5.78 Å². The molecule has 0 spiro atoms. The van der Waals surface area contributed by atoms with Crippen LogP contribution in [0.1, 0.15) is 36.3 Å². The zero-order valence-electron chi connectivity index (χ0n) is 15.7. The molecule has 1 aromatic heterocycles. The zero-order valence-corrected chi connectivity index (χ0v) is 15.7. The number of Topliss-reactive ketones (excluding diaryl/α,β-unsaturated/α-hetero) is 1. The normalized spacial score (nSPS) is 15.3. The third-order valence-corrected chi connectivity index (χ3v) is 5.16. The fourth-order valence-corrected chi connectivity index (χ4v) is 3.94. The van der Waals surface area contributed by atoms with Gasteiger partial charge in [-0.15, -0.1) is 0 Å². The molecule has 4 nitrogen and oxygen atoms in total. The topological polar surface area (TPSA) is 59.3 Å². The molecule has 0 amide bonds. The maximum absolute atomic E-state index is 13.5. The second kappa shape index (κ2) is 6.44. The first-order chi connectivity index (χ1) is 13.3. The van der Waals surface area contributed by atoms with Crippen LogP contribution in [0.25, 0.3) is 16.8 Å². The molecule has 0 aliphatic heterocycles. The van der Waals surface area contributed by atoms with Gasteiger partial charge in [0, 0.05) is 17.8 Å². The minimum atomic E-state index is -0.431. The highest BCUT2D eigenvalue weighted by Crippen LogP contribution is 2.41. The van der Waals surface area contributed by atoms with E-state index in [1.165, 1.54) is 28.8 Å². The van der Waals surface area contributed by atoms with Crippen molar-refractivity contribution in [2.24, 2.45) is 5.41 Å². The summed E-state index contributed by atoms with van der Waals surface area (Å²) >= 11 is 0. The van der Waals surface area contributed by atoms with Gasteiger partial charge in [-0.2, -0.15) is 0 Å². The van der Waals surface area contributed by atoms with Crippen molar-refractivity contribution in [2.45, 2.75) is 26.7 Å². The van der Waals surface area contributed by atoms with Crippen molar-refractivity contribution in [1.82, 2.24) is 4.57 Å². The second-order valence-corrected chi connectivity index (χ2v) is 7.97. The fourth-order valence-electron chi connectivity index (χ4n) is 3.94. The van der Waals surface area contributed by atoms with Crippen molar-refractivity contribution in [3.8, 4) is 22.6 Å². The van der Waals surface area contributed by atoms with E-state index in [1.807, 2.05) is 19.9 Å². The number of nitrogens with zero attached hydrogens (tertiary/aromatic N) is 1. The van der Waals surface area contributed by atoms with Crippen LogP contribution in [0.15, 0.2) is 59.4 Å². The van der Waals surface area contributed by atoms with Gasteiger partial charge >= 0.3 is 0 Å². The monoisotopic (exact) mass is 377 g/mol. The molecule has 0 unspecified atom stereocenters. The van der Waals surface area contributed by atoms with Crippen LogP contribution in [0.3, 0.4) is 0 Å². The average Bonchev–Trinajstić information content (AvgIpc) is 2.62. The summed E-state index contributed by atoms with van der Waals surface area (Å²) in [5, 5.41) is 10.9. The van der Waals surface area contributed by atoms with Crippen LogP contribution in [-0.2, 0) is 6.42 Å². The fraction of sp³-hybridized carbons (Fsp3) is 0.217. The number of aromatic hydroxyl groups is 1. The molecule has 5 heteroatoms. The van der Waals surface area contributed by atoms with E-state index in [1.54, 1.807) is 24.3 Å². The van der Waals surface area contributed by atoms with E-state index in [0.29, 0.717) is 23.4 Å². The lowest BCUT2D eigenvalue weighted by molar-refractivity contribution is 0.0905. The third kappa shape index (κ3) is 2.93. The largest absolute Gasteiger partial charge is 0.506 e. The molecule has 0 radical (unpaired) electrons. The quantitative estimate of drug-likeness (QED) is 0.715. The maximum Gasteiger partial charge on any atom is 0.266 e. The number of hydrogen-bond donors (Lipinski definition) is 1. The Morgan fingerprint density at radius 1 is 0.929 bits per heavy atom. The summed E-state index contributed by atoms with van der Waals surface area (Å²) in [6, 6.07) is 14.3. The van der Waals surface area contributed by atoms with Crippen LogP contribution < -0.4 is 5.56 Å². The van der Waals surface area contributed by atoms with E-state index in [9.17, 15) is 19.1 Å². The summed E-state index contributed by atoms with van der Waals surface area (Å²) in [6.07, 6.45) is 0.729. The molecule has 0 fully saturated rings. The number of carbonyl (C=O) groups is 1. The number of rotatable bonds is 2. The van der Waals surface area contributed by atoms with Gasteiger partial charge in [0.2, 0.25) is 0 Å². The first-order valence-electron chi connectivity index (χ1n) is 9.14. The van der Waals surface area contributed by atoms with Crippen LogP contribution >= 0.6 is 0 Å². The average molecular weight is 377 g/mol. The molecular weight excluding hydrogens is 357 g/mol. The highest BCUT2D eigenvalue weighted by atomic mass is 19.1. The van der Waals surface area contributed by atoms with Gasteiger partial charge in [0.1, 0.15) is 11.6 Å². The first kappa shape index (κ1) is 18.2. The molecule has 4 rings (SSSR count). The zero-order chi connectivity index (χ0) is 20.1. The smallest absolute Gasteiger partial charge is 0.266 e. The van der Waals surface area contributed by atoms with Crippen LogP contribution in [0, 0.1) is 11.2 Å². The van der Waals surface area contributed by atoms with E-state index in [2.05, 4.69) is 0 Å². The highest BCUT2D eigenvalue weighted by molar-refractivity contribution is 6.03. The molecule has 1 aliphatic carbocycles. The van der Waals surface area contributed by atoms with Gasteiger partial charge in [0.05, 0.1) is 11.1 Å². The van der Waals surface area contributed by atoms with Crippen molar-refractivity contribution < 1.29 is 14.3 Å². The summed E-state index contributed by atoms with van der Waals surface area (Å²) in [4.78, 5) is 26.4. The Morgan fingerprint density at radius 3 is 2.21 bits per heavy atom. The van der Waals surface area contributed by atoms with Gasteiger partial charge < -0.3 is 5.11 Å². The van der Waals surface area contributed by atoms with Crippen LogP contribution in [0.2, 0.25) is 0 Å². The standard InChI is InChI=1S/C23H20FNO3/c1-23(2)12-17-20(18(26)13-23)21(27)19(14-6-4-3-5-7-14)22(28)25(17)16-10-8-15(24)9-11-16/h3-11,27H,12-13H2,1-2H3. The van der Waals surface area contributed by atoms with Crippen molar-refractivity contribution in [2.75, 3.05) is 0 Å². The molecular formula is C23H20FNO3. The van der Waals surface area contributed by atoms with E-state index in [4.69, 9.17) is 0 Å². The summed E-state index contributed by atoms with van der Waals surface area (Å²) in [6.45, 7) is 3.91. The van der Waals surface area contributed by atoms with E-state index >= 15 is 0 Å². The number of ketones is 1. The van der Waals surface area contributed by atoms with Crippen molar-refractivity contribution in [3.63, 3.8) is 0 Å². The van der Waals surface area contributed by atoms with E-state index in [0.717, 1.165) is 0 Å². The number of benzene rings is 2. The number of carbonyl (C=O) groups excluding carboxylic acids is 1. The molecule has 1 N–H and O–H groups in total. The van der Waals surface area contributed by atoms with E-state index in [-0.39, 0.29) is 34.5 Å². The van der Waals surface area contributed by atoms with Crippen LogP contribution in [0.5, 0.6) is 5.75 Å². The lowest BCUT2D eigenvalue weighted by Crippen LogP contribution is -2.35. The summed E-state index contributed by atoms with van der Waals surface area (Å²) < 4.78 is 14.9. The number of halogens is 1. The molecule has 2 aromatic carbocycles. The molecule has 0 bridgehead atoms. The van der Waals surface area contributed by atoms with Gasteiger partial charge in [0.15, 0.2) is 5.78 Å². The second-order valence-electron chi connectivity index (χ2n) is 7.97. The number of aromatic nitrogens is 1. The van der Waals surface area contributed by atoms with Gasteiger partial charge in [0.25, 0.3) is 5.56 Å². The molecule has 142 valence electrons. The van der Waals surface area contributed by atoms with E-state index < -0.39 is 11.4 Å². The lowest BCUT2D eigenvalue weighted by Gasteiger charge is -2.33. The van der Waals surface area contributed by atoms with Gasteiger partial charge in [-0.3, -0.25) is 14.2 Å². The van der Waals surface area contributed by atoms with Crippen LogP contribution in [0.4, 0.5) is 4.39 Å². The summed E-state index contributed by atoms with van der Waals surface area (Å²) in [5.74, 6) is -0.883. The van der Waals surface area contributed by atoms with Crippen molar-refractivity contribution in [1.29, 1.82) is 0 Å². The predicted octanol–water partition coefficient (Wildman–Crippen LogP) is 4.50. The minimum Gasteiger partial charge on any atom is -0.506 e. The maximum atomic E-state index is 13.5. The number of hydrogen-bond acceptors (Lipinski definition) is 3. The molecule has 1 aliphatic rings. The molecule has 1 heterocycles. The van der Waals surface area contributed by atoms with Gasteiger partial charge in [-0.25, -0.2) is 4.39 Å². The minimum absolute atomic E-state index is 0.0803. The van der Waals surface area contributed by atoms with Gasteiger partial charge in [-0.05, 0) is 41.7 Å². The van der Waals surface area contributed by atoms with Crippen LogP contribution in [-0.4, -0.2) is 15.5 Å². The molecule has 0 atom stereocenters. The first-order valence-corrected chi connectivity index (χ1v) is 9.14. The number of pyridine rings is 1. The Labute approximate surface area is 161 Å². The molecule has 0 saturated carbocycles. The molecule has 0 saturated heterocycles. The Balaban J connectivity index is 2.12. The lowest BCUT2D eigenvalue weighted by atomic mass is 9.74. The Kier molecular flexibility index (Phi) is 4.18. The summed E-state index contributed by atoms with van der Waals surface area (Å²) in [5.41, 5.74) is 0.944. The molecule has 28 heavy (non-hydrogen) atoms. The number of fused-ring (bicyclic) bond motifs is 1.